The van der Waals surface area contributed by atoms with E-state index in [-0.39, 0.29) is 6.04 Å². The molecule has 2 rings (SSSR count). The Bertz CT molecular complexity index is 647. The van der Waals surface area contributed by atoms with E-state index < -0.39 is 0 Å². The van der Waals surface area contributed by atoms with Crippen LogP contribution in [-0.4, -0.2) is 11.5 Å². The van der Waals surface area contributed by atoms with Gasteiger partial charge in [-0.25, -0.2) is 0 Å². The molecule has 0 spiro atoms. The summed E-state index contributed by atoms with van der Waals surface area (Å²) in [7, 11) is 0. The van der Waals surface area contributed by atoms with Crippen LogP contribution < -0.4 is 5.32 Å². The Morgan fingerprint density at radius 1 is 1.39 bits per heavy atom. The number of nitrogens with zero attached hydrogens (tertiary/aromatic N) is 2. The number of aromatic nitrogens is 1. The van der Waals surface area contributed by atoms with Crippen molar-refractivity contribution in [2.75, 3.05) is 6.54 Å². The van der Waals surface area contributed by atoms with Crippen LogP contribution in [0.25, 0.3) is 10.9 Å². The Labute approximate surface area is 106 Å². The van der Waals surface area contributed by atoms with Gasteiger partial charge in [-0.05, 0) is 30.7 Å². The summed E-state index contributed by atoms with van der Waals surface area (Å²) in [5.41, 5.74) is 2.83. The lowest BCUT2D eigenvalue weighted by Gasteiger charge is -2.10. The smallest absolute Gasteiger partial charge is 0.122 e. The summed E-state index contributed by atoms with van der Waals surface area (Å²) in [5, 5.41) is 13.1. The molecule has 0 amide bonds. The number of nitriles is 1. The van der Waals surface area contributed by atoms with Crippen LogP contribution in [0.2, 0.25) is 0 Å². The fourth-order valence-electron chi connectivity index (χ4n) is 1.82. The fourth-order valence-corrected chi connectivity index (χ4v) is 1.82. The molecule has 0 saturated heterocycles. The molecule has 1 aromatic heterocycles. The molecule has 1 aromatic carbocycles. The topological polar surface area (TPSA) is 48.7 Å². The lowest BCUT2D eigenvalue weighted by molar-refractivity contribution is 0.691. The normalized spacial score (nSPS) is 11.7. The molecule has 1 atom stereocenters. The van der Waals surface area contributed by atoms with Gasteiger partial charge in [0.2, 0.25) is 0 Å². The quantitative estimate of drug-likeness (QED) is 0.831. The predicted molar refractivity (Wildman–Crippen MR) is 71.7 cm³/mol. The Kier molecular flexibility index (Phi) is 3.57. The van der Waals surface area contributed by atoms with Crippen LogP contribution >= 0.6 is 0 Å². The van der Waals surface area contributed by atoms with Gasteiger partial charge in [0.25, 0.3) is 0 Å². The summed E-state index contributed by atoms with van der Waals surface area (Å²) < 4.78 is 0. The third-order valence-corrected chi connectivity index (χ3v) is 2.72. The van der Waals surface area contributed by atoms with Crippen molar-refractivity contribution < 1.29 is 0 Å². The summed E-state index contributed by atoms with van der Waals surface area (Å²) in [6.45, 7) is 2.34. The highest BCUT2D eigenvalue weighted by atomic mass is 14.9. The third-order valence-electron chi connectivity index (χ3n) is 2.72. The first-order valence-corrected chi connectivity index (χ1v) is 5.68. The van der Waals surface area contributed by atoms with Gasteiger partial charge in [-0.15, -0.1) is 6.42 Å². The van der Waals surface area contributed by atoms with E-state index in [9.17, 15) is 0 Å². The minimum atomic E-state index is -0.383. The highest BCUT2D eigenvalue weighted by Gasteiger charge is 2.09. The number of rotatable bonds is 3. The second-order valence-electron chi connectivity index (χ2n) is 4.05. The van der Waals surface area contributed by atoms with Gasteiger partial charge < -0.3 is 0 Å². The second kappa shape index (κ2) is 5.31. The molecule has 1 N–H and O–H groups in total. The number of fused-ring (bicyclic) bond motifs is 1. The third kappa shape index (κ3) is 2.48. The average molecular weight is 235 g/mol. The molecule has 1 heterocycles. The van der Waals surface area contributed by atoms with Crippen molar-refractivity contribution in [1.29, 1.82) is 5.26 Å². The van der Waals surface area contributed by atoms with Crippen molar-refractivity contribution in [3.8, 4) is 18.4 Å². The fraction of sp³-hybridized carbons (Fsp3) is 0.200. The van der Waals surface area contributed by atoms with Gasteiger partial charge in [0, 0.05) is 11.1 Å². The van der Waals surface area contributed by atoms with Gasteiger partial charge in [-0.1, -0.05) is 18.1 Å². The van der Waals surface area contributed by atoms with Gasteiger partial charge in [-0.2, -0.15) is 5.26 Å². The highest BCUT2D eigenvalue weighted by molar-refractivity contribution is 5.79. The first-order chi connectivity index (χ1) is 8.74. The van der Waals surface area contributed by atoms with Gasteiger partial charge in [0.15, 0.2) is 0 Å². The van der Waals surface area contributed by atoms with Crippen LogP contribution in [0.1, 0.15) is 17.3 Å². The molecule has 0 aliphatic heterocycles. The molecular weight excluding hydrogens is 222 g/mol. The summed E-state index contributed by atoms with van der Waals surface area (Å²) >= 11 is 0. The highest BCUT2D eigenvalue weighted by Crippen LogP contribution is 2.19. The van der Waals surface area contributed by atoms with E-state index in [2.05, 4.69) is 22.3 Å². The van der Waals surface area contributed by atoms with E-state index in [1.54, 1.807) is 0 Å². The number of hydrogen-bond donors (Lipinski definition) is 1. The first-order valence-electron chi connectivity index (χ1n) is 5.68. The molecule has 3 heteroatoms. The zero-order chi connectivity index (χ0) is 13.0. The standard InChI is InChI=1S/C15H13N3/c1-3-8-17-15(10-16)13-6-7-14-12(9-13)5-4-11(2)18-14/h1,4-7,9,15,17H,8H2,2H3. The van der Waals surface area contributed by atoms with E-state index in [1.165, 1.54) is 0 Å². The Hall–Kier alpha value is -2.36. The molecule has 2 aromatic rings. The van der Waals surface area contributed by atoms with Crippen molar-refractivity contribution in [1.82, 2.24) is 10.3 Å². The molecule has 0 fully saturated rings. The number of aryl methyl sites for hydroxylation is 1. The molecule has 18 heavy (non-hydrogen) atoms. The van der Waals surface area contributed by atoms with Crippen LogP contribution in [0.3, 0.4) is 0 Å². The number of nitrogens with one attached hydrogen (secondary N) is 1. The average Bonchev–Trinajstić information content (AvgIpc) is 2.39. The Morgan fingerprint density at radius 3 is 2.94 bits per heavy atom. The largest absolute Gasteiger partial charge is 0.287 e. The maximum absolute atomic E-state index is 9.13. The van der Waals surface area contributed by atoms with Crippen LogP contribution in [0, 0.1) is 30.6 Å². The van der Waals surface area contributed by atoms with Crippen molar-refractivity contribution in [3.05, 3.63) is 41.6 Å². The van der Waals surface area contributed by atoms with E-state index >= 15 is 0 Å². The van der Waals surface area contributed by atoms with Crippen molar-refractivity contribution in [2.45, 2.75) is 13.0 Å². The SMILES string of the molecule is C#CCNC(C#N)c1ccc2nc(C)ccc2c1. The van der Waals surface area contributed by atoms with E-state index in [4.69, 9.17) is 11.7 Å². The lowest BCUT2D eigenvalue weighted by Crippen LogP contribution is -2.19. The molecule has 88 valence electrons. The molecular formula is C15H13N3. The van der Waals surface area contributed by atoms with Crippen molar-refractivity contribution in [3.63, 3.8) is 0 Å². The number of pyridine rings is 1. The van der Waals surface area contributed by atoms with Crippen molar-refractivity contribution >= 4 is 10.9 Å². The van der Waals surface area contributed by atoms with E-state index in [0.717, 1.165) is 22.2 Å². The molecule has 0 saturated carbocycles. The molecule has 1 unspecified atom stereocenters. The first kappa shape index (κ1) is 12.1. The summed E-state index contributed by atoms with van der Waals surface area (Å²) in [6, 6.07) is 11.6. The maximum atomic E-state index is 9.13. The van der Waals surface area contributed by atoms with Gasteiger partial charge >= 0.3 is 0 Å². The molecule has 0 radical (unpaired) electrons. The minimum absolute atomic E-state index is 0.377. The number of benzene rings is 1. The molecule has 0 bridgehead atoms. The lowest BCUT2D eigenvalue weighted by atomic mass is 10.0. The van der Waals surface area contributed by atoms with Crippen LogP contribution in [-0.2, 0) is 0 Å². The summed E-state index contributed by atoms with van der Waals surface area (Å²) in [5.74, 6) is 2.47. The van der Waals surface area contributed by atoms with Gasteiger partial charge in [0.05, 0.1) is 18.1 Å². The minimum Gasteiger partial charge on any atom is -0.287 e. The zero-order valence-electron chi connectivity index (χ0n) is 10.1. The summed E-state index contributed by atoms with van der Waals surface area (Å²) in [4.78, 5) is 4.43. The number of hydrogen-bond acceptors (Lipinski definition) is 3. The zero-order valence-corrected chi connectivity index (χ0v) is 10.1. The second-order valence-corrected chi connectivity index (χ2v) is 4.05. The van der Waals surface area contributed by atoms with Gasteiger partial charge in [0.1, 0.15) is 6.04 Å². The molecule has 0 aliphatic rings. The Morgan fingerprint density at radius 2 is 2.22 bits per heavy atom. The Balaban J connectivity index is 2.38. The maximum Gasteiger partial charge on any atom is 0.122 e. The van der Waals surface area contributed by atoms with Crippen molar-refractivity contribution in [2.24, 2.45) is 0 Å². The number of terminal acetylenes is 1. The predicted octanol–water partition coefficient (Wildman–Crippen LogP) is 2.33. The van der Waals surface area contributed by atoms with Crippen LogP contribution in [0.15, 0.2) is 30.3 Å². The van der Waals surface area contributed by atoms with E-state index in [0.29, 0.717) is 6.54 Å². The monoisotopic (exact) mass is 235 g/mol. The van der Waals surface area contributed by atoms with E-state index in [1.807, 2.05) is 37.3 Å². The van der Waals surface area contributed by atoms with Crippen LogP contribution in [0.5, 0.6) is 0 Å². The molecule has 0 aliphatic carbocycles. The molecule has 3 nitrogen and oxygen atoms in total. The van der Waals surface area contributed by atoms with Gasteiger partial charge in [-0.3, -0.25) is 10.3 Å². The van der Waals surface area contributed by atoms with Crippen LogP contribution in [0.4, 0.5) is 0 Å². The summed E-state index contributed by atoms with van der Waals surface area (Å²) in [6.07, 6.45) is 5.18.